The highest BCUT2D eigenvalue weighted by Gasteiger charge is 2.13. The van der Waals surface area contributed by atoms with E-state index in [1.807, 2.05) is 0 Å². The molecule has 1 fully saturated rings. The van der Waals surface area contributed by atoms with Crippen molar-refractivity contribution in [3.05, 3.63) is 34.6 Å². The molecule has 1 heterocycles. The summed E-state index contributed by atoms with van der Waals surface area (Å²) in [5.74, 6) is -0.973. The van der Waals surface area contributed by atoms with Gasteiger partial charge in [0, 0.05) is 44.3 Å². The first-order valence-electron chi connectivity index (χ1n) is 6.33. The molecule has 0 aromatic heterocycles. The van der Waals surface area contributed by atoms with Crippen molar-refractivity contribution in [3.63, 3.8) is 0 Å². The Morgan fingerprint density at radius 2 is 2.10 bits per heavy atom. The molecule has 1 aromatic rings. The van der Waals surface area contributed by atoms with Gasteiger partial charge in [0.25, 0.3) is 5.91 Å². The second kappa shape index (κ2) is 8.42. The van der Waals surface area contributed by atoms with E-state index in [4.69, 9.17) is 11.6 Å². The van der Waals surface area contributed by atoms with E-state index < -0.39 is 11.7 Å². The predicted molar refractivity (Wildman–Crippen MR) is 80.3 cm³/mol. The summed E-state index contributed by atoms with van der Waals surface area (Å²) in [4.78, 5) is 14.1. The largest absolute Gasteiger partial charge is 0.351 e. The number of halogens is 3. The van der Waals surface area contributed by atoms with Crippen LogP contribution in [0.5, 0.6) is 0 Å². The molecule has 0 bridgehead atoms. The van der Waals surface area contributed by atoms with Gasteiger partial charge in [0.15, 0.2) is 0 Å². The first-order valence-corrected chi connectivity index (χ1v) is 6.71. The minimum Gasteiger partial charge on any atom is -0.351 e. The van der Waals surface area contributed by atoms with E-state index in [0.717, 1.165) is 32.7 Å². The van der Waals surface area contributed by atoms with Gasteiger partial charge in [-0.25, -0.2) is 4.39 Å². The van der Waals surface area contributed by atoms with Gasteiger partial charge in [-0.2, -0.15) is 0 Å². The Morgan fingerprint density at radius 3 is 2.80 bits per heavy atom. The van der Waals surface area contributed by atoms with Crippen molar-refractivity contribution < 1.29 is 9.18 Å². The molecule has 0 atom stereocenters. The zero-order valence-electron chi connectivity index (χ0n) is 11.0. The van der Waals surface area contributed by atoms with Crippen molar-refractivity contribution in [2.45, 2.75) is 0 Å². The van der Waals surface area contributed by atoms with Crippen LogP contribution in [0, 0.1) is 5.82 Å². The monoisotopic (exact) mass is 321 g/mol. The first-order chi connectivity index (χ1) is 9.16. The molecule has 1 saturated heterocycles. The summed E-state index contributed by atoms with van der Waals surface area (Å²) in [7, 11) is 0. The maximum absolute atomic E-state index is 13.5. The lowest BCUT2D eigenvalue weighted by Crippen LogP contribution is -2.46. The number of carbonyl (C=O) groups is 1. The highest BCUT2D eigenvalue weighted by atomic mass is 35.5. The van der Waals surface area contributed by atoms with E-state index in [9.17, 15) is 9.18 Å². The van der Waals surface area contributed by atoms with Crippen LogP contribution in [0.2, 0.25) is 5.02 Å². The maximum Gasteiger partial charge on any atom is 0.254 e. The van der Waals surface area contributed by atoms with Gasteiger partial charge in [-0.15, -0.1) is 12.4 Å². The summed E-state index contributed by atoms with van der Waals surface area (Å²) < 4.78 is 13.5. The van der Waals surface area contributed by atoms with Gasteiger partial charge in [0.2, 0.25) is 0 Å². The van der Waals surface area contributed by atoms with Crippen LogP contribution in [0.25, 0.3) is 0 Å². The Bertz CT molecular complexity index is 453. The van der Waals surface area contributed by atoms with Crippen LogP contribution in [0.1, 0.15) is 10.4 Å². The van der Waals surface area contributed by atoms with Crippen LogP contribution in [-0.4, -0.2) is 50.1 Å². The molecule has 0 unspecified atom stereocenters. The molecule has 0 aliphatic carbocycles. The molecule has 1 aliphatic rings. The summed E-state index contributed by atoms with van der Waals surface area (Å²) >= 11 is 5.75. The molecule has 0 radical (unpaired) electrons. The molecule has 112 valence electrons. The van der Waals surface area contributed by atoms with E-state index in [0.29, 0.717) is 11.6 Å². The predicted octanol–water partition coefficient (Wildman–Crippen LogP) is 1.54. The normalized spacial score (nSPS) is 15.5. The van der Waals surface area contributed by atoms with Crippen LogP contribution >= 0.6 is 24.0 Å². The van der Waals surface area contributed by atoms with Gasteiger partial charge >= 0.3 is 0 Å². The molecular formula is C13H18Cl2FN3O. The standard InChI is InChI=1S/C13H17ClFN3O.ClH/c14-10-1-2-12(15)11(9-10)13(19)17-5-8-18-6-3-16-4-7-18;/h1-2,9,16H,3-8H2,(H,17,19);1H. The van der Waals surface area contributed by atoms with Crippen LogP contribution in [0.15, 0.2) is 18.2 Å². The van der Waals surface area contributed by atoms with Gasteiger partial charge in [-0.1, -0.05) is 11.6 Å². The first kappa shape index (κ1) is 17.2. The molecule has 1 aromatic carbocycles. The molecule has 0 spiro atoms. The van der Waals surface area contributed by atoms with Crippen molar-refractivity contribution in [3.8, 4) is 0 Å². The highest BCUT2D eigenvalue weighted by molar-refractivity contribution is 6.30. The van der Waals surface area contributed by atoms with Crippen molar-refractivity contribution >= 4 is 29.9 Å². The lowest BCUT2D eigenvalue weighted by atomic mass is 10.2. The van der Waals surface area contributed by atoms with Crippen molar-refractivity contribution in [1.82, 2.24) is 15.5 Å². The topological polar surface area (TPSA) is 44.4 Å². The van der Waals surface area contributed by atoms with Crippen molar-refractivity contribution in [2.75, 3.05) is 39.3 Å². The fourth-order valence-electron chi connectivity index (χ4n) is 2.03. The Hall–Kier alpha value is -0.880. The second-order valence-electron chi connectivity index (χ2n) is 4.47. The third-order valence-corrected chi connectivity index (χ3v) is 3.33. The molecule has 0 saturated carbocycles. The second-order valence-corrected chi connectivity index (χ2v) is 4.91. The molecule has 4 nitrogen and oxygen atoms in total. The number of rotatable bonds is 4. The number of hydrogen-bond donors (Lipinski definition) is 2. The van der Waals surface area contributed by atoms with Crippen LogP contribution in [-0.2, 0) is 0 Å². The fourth-order valence-corrected chi connectivity index (χ4v) is 2.20. The SMILES string of the molecule is Cl.O=C(NCCN1CCNCC1)c1cc(Cl)ccc1F. The summed E-state index contributed by atoms with van der Waals surface area (Å²) in [6.07, 6.45) is 0. The number of piperazine rings is 1. The van der Waals surface area contributed by atoms with Gasteiger partial charge in [-0.3, -0.25) is 9.69 Å². The minimum atomic E-state index is -0.552. The van der Waals surface area contributed by atoms with Crippen molar-refractivity contribution in [2.24, 2.45) is 0 Å². The third kappa shape index (κ3) is 4.90. The van der Waals surface area contributed by atoms with Crippen LogP contribution in [0.3, 0.4) is 0 Å². The van der Waals surface area contributed by atoms with E-state index in [1.165, 1.54) is 18.2 Å². The van der Waals surface area contributed by atoms with Gasteiger partial charge in [0.05, 0.1) is 5.56 Å². The van der Waals surface area contributed by atoms with Gasteiger partial charge in [-0.05, 0) is 18.2 Å². The van der Waals surface area contributed by atoms with Crippen LogP contribution < -0.4 is 10.6 Å². The number of nitrogens with one attached hydrogen (secondary N) is 2. The molecular weight excluding hydrogens is 304 g/mol. The Labute approximate surface area is 129 Å². The Kier molecular flexibility index (Phi) is 7.23. The Morgan fingerprint density at radius 1 is 1.40 bits per heavy atom. The van der Waals surface area contributed by atoms with E-state index in [-0.39, 0.29) is 18.0 Å². The zero-order chi connectivity index (χ0) is 13.7. The minimum absolute atomic E-state index is 0. The summed E-state index contributed by atoms with van der Waals surface area (Å²) in [6, 6.07) is 3.97. The fraction of sp³-hybridized carbons (Fsp3) is 0.462. The zero-order valence-corrected chi connectivity index (χ0v) is 12.6. The molecule has 2 rings (SSSR count). The number of amides is 1. The molecule has 20 heavy (non-hydrogen) atoms. The number of carbonyl (C=O) groups excluding carboxylic acids is 1. The molecule has 1 amide bonds. The van der Waals surface area contributed by atoms with E-state index in [2.05, 4.69) is 15.5 Å². The van der Waals surface area contributed by atoms with E-state index in [1.54, 1.807) is 0 Å². The highest BCUT2D eigenvalue weighted by Crippen LogP contribution is 2.14. The summed E-state index contributed by atoms with van der Waals surface area (Å²) in [5.41, 5.74) is -0.00666. The number of nitrogens with zero attached hydrogens (tertiary/aromatic N) is 1. The third-order valence-electron chi connectivity index (χ3n) is 3.10. The molecule has 1 aliphatic heterocycles. The quantitative estimate of drug-likeness (QED) is 0.884. The van der Waals surface area contributed by atoms with E-state index >= 15 is 0 Å². The van der Waals surface area contributed by atoms with Crippen LogP contribution in [0.4, 0.5) is 4.39 Å². The van der Waals surface area contributed by atoms with Gasteiger partial charge in [0.1, 0.15) is 5.82 Å². The molecule has 2 N–H and O–H groups in total. The average Bonchev–Trinajstić information content (AvgIpc) is 2.42. The number of benzene rings is 1. The smallest absolute Gasteiger partial charge is 0.254 e. The van der Waals surface area contributed by atoms with Gasteiger partial charge < -0.3 is 10.6 Å². The van der Waals surface area contributed by atoms with Crippen molar-refractivity contribution in [1.29, 1.82) is 0 Å². The molecule has 7 heteroatoms. The summed E-state index contributed by atoms with van der Waals surface area (Å²) in [5, 5.41) is 6.33. The Balaban J connectivity index is 0.00000200. The lowest BCUT2D eigenvalue weighted by molar-refractivity contribution is 0.0943. The average molecular weight is 322 g/mol. The summed E-state index contributed by atoms with van der Waals surface area (Å²) in [6.45, 7) is 5.16. The maximum atomic E-state index is 13.5. The lowest BCUT2D eigenvalue weighted by Gasteiger charge is -2.27. The number of hydrogen-bond acceptors (Lipinski definition) is 3.